The van der Waals surface area contributed by atoms with Crippen molar-refractivity contribution < 1.29 is 22.8 Å². The molecule has 18 heavy (non-hydrogen) atoms. The number of alkyl halides is 3. The maximum Gasteiger partial charge on any atom is 0.416 e. The van der Waals surface area contributed by atoms with Crippen LogP contribution < -0.4 is 0 Å². The molecule has 2 amide bonds. The summed E-state index contributed by atoms with van der Waals surface area (Å²) in [4.78, 5) is 24.2. The van der Waals surface area contributed by atoms with Crippen molar-refractivity contribution in [2.75, 3.05) is 6.54 Å². The Morgan fingerprint density at radius 2 is 2.00 bits per heavy atom. The van der Waals surface area contributed by atoms with Crippen molar-refractivity contribution >= 4 is 11.8 Å². The first-order valence-electron chi connectivity index (χ1n) is 5.41. The number of likely N-dealkylation sites (tertiary alicyclic amines) is 1. The molecule has 0 bridgehead atoms. The maximum absolute atomic E-state index is 12.5. The van der Waals surface area contributed by atoms with E-state index in [9.17, 15) is 22.8 Å². The van der Waals surface area contributed by atoms with Crippen molar-refractivity contribution in [3.05, 3.63) is 35.4 Å². The molecule has 1 aromatic carbocycles. The van der Waals surface area contributed by atoms with Gasteiger partial charge < -0.3 is 0 Å². The molecule has 1 aromatic rings. The summed E-state index contributed by atoms with van der Waals surface area (Å²) in [5.74, 6) is -0.999. The maximum atomic E-state index is 12.5. The molecule has 0 N–H and O–H groups in total. The van der Waals surface area contributed by atoms with Gasteiger partial charge in [-0.1, -0.05) is 6.07 Å². The van der Waals surface area contributed by atoms with Crippen molar-refractivity contribution in [2.24, 2.45) is 0 Å². The van der Waals surface area contributed by atoms with Gasteiger partial charge in [0, 0.05) is 18.5 Å². The van der Waals surface area contributed by atoms with Crippen LogP contribution in [-0.4, -0.2) is 23.3 Å². The molecule has 3 nitrogen and oxygen atoms in total. The van der Waals surface area contributed by atoms with Crippen LogP contribution in [0.1, 0.15) is 28.8 Å². The van der Waals surface area contributed by atoms with E-state index in [4.69, 9.17) is 0 Å². The molecule has 0 spiro atoms. The van der Waals surface area contributed by atoms with E-state index in [1.54, 1.807) is 0 Å². The first kappa shape index (κ1) is 12.6. The lowest BCUT2D eigenvalue weighted by Crippen LogP contribution is -2.32. The summed E-state index contributed by atoms with van der Waals surface area (Å²) in [5.41, 5.74) is -1.000. The Morgan fingerprint density at radius 1 is 1.28 bits per heavy atom. The number of carbonyl (C=O) groups is 2. The molecule has 1 aliphatic heterocycles. The number of carbonyl (C=O) groups excluding carboxylic acids is 2. The first-order chi connectivity index (χ1) is 8.39. The topological polar surface area (TPSA) is 37.4 Å². The predicted molar refractivity (Wildman–Crippen MR) is 56.7 cm³/mol. The standard InChI is InChI=1S/C12H10F3NO2/c13-12(14,15)9-4-1-3-8(7-9)11(18)16-6-2-5-10(16)17/h1,3-4,7H,2,5-6H2. The third-order valence-corrected chi connectivity index (χ3v) is 2.76. The number of hydrogen-bond donors (Lipinski definition) is 0. The Kier molecular flexibility index (Phi) is 3.11. The third-order valence-electron chi connectivity index (χ3n) is 2.76. The van der Waals surface area contributed by atoms with Crippen LogP contribution in [0.2, 0.25) is 0 Å². The van der Waals surface area contributed by atoms with Crippen LogP contribution in [0.5, 0.6) is 0 Å². The number of hydrogen-bond acceptors (Lipinski definition) is 2. The summed E-state index contributed by atoms with van der Waals surface area (Å²) < 4.78 is 37.5. The minimum absolute atomic E-state index is 0.111. The Hall–Kier alpha value is -1.85. The van der Waals surface area contributed by atoms with Crippen LogP contribution in [0.3, 0.4) is 0 Å². The lowest BCUT2D eigenvalue weighted by atomic mass is 10.1. The van der Waals surface area contributed by atoms with E-state index in [1.165, 1.54) is 6.07 Å². The summed E-state index contributed by atoms with van der Waals surface area (Å²) in [6, 6.07) is 4.11. The Balaban J connectivity index is 2.28. The van der Waals surface area contributed by atoms with Crippen molar-refractivity contribution in [3.8, 4) is 0 Å². The fraction of sp³-hybridized carbons (Fsp3) is 0.333. The fourth-order valence-electron chi connectivity index (χ4n) is 1.85. The van der Waals surface area contributed by atoms with E-state index < -0.39 is 17.6 Å². The molecule has 0 radical (unpaired) electrons. The molecule has 96 valence electrons. The highest BCUT2D eigenvalue weighted by Gasteiger charge is 2.32. The minimum Gasteiger partial charge on any atom is -0.279 e. The van der Waals surface area contributed by atoms with Gasteiger partial charge in [0.2, 0.25) is 5.91 Å². The van der Waals surface area contributed by atoms with Gasteiger partial charge in [-0.15, -0.1) is 0 Å². The largest absolute Gasteiger partial charge is 0.416 e. The molecule has 0 aromatic heterocycles. The van der Waals surface area contributed by atoms with E-state index in [2.05, 4.69) is 0 Å². The van der Waals surface area contributed by atoms with Crippen LogP contribution in [0, 0.1) is 0 Å². The number of benzene rings is 1. The van der Waals surface area contributed by atoms with E-state index in [1.807, 2.05) is 0 Å². The summed E-state index contributed by atoms with van der Waals surface area (Å²) in [6.45, 7) is 0.272. The summed E-state index contributed by atoms with van der Waals surface area (Å²) in [5, 5.41) is 0. The Labute approximate surface area is 101 Å². The summed E-state index contributed by atoms with van der Waals surface area (Å²) in [7, 11) is 0. The highest BCUT2D eigenvalue weighted by Crippen LogP contribution is 2.30. The normalized spacial score (nSPS) is 16.2. The van der Waals surface area contributed by atoms with Gasteiger partial charge in [-0.05, 0) is 24.6 Å². The summed E-state index contributed by atoms with van der Waals surface area (Å²) >= 11 is 0. The second-order valence-corrected chi connectivity index (χ2v) is 4.03. The fourth-order valence-corrected chi connectivity index (χ4v) is 1.85. The van der Waals surface area contributed by atoms with Crippen LogP contribution >= 0.6 is 0 Å². The van der Waals surface area contributed by atoms with Crippen LogP contribution in [0.15, 0.2) is 24.3 Å². The smallest absolute Gasteiger partial charge is 0.279 e. The van der Waals surface area contributed by atoms with Gasteiger partial charge in [-0.25, -0.2) is 0 Å². The molecule has 0 aliphatic carbocycles. The van der Waals surface area contributed by atoms with Crippen LogP contribution in [0.25, 0.3) is 0 Å². The highest BCUT2D eigenvalue weighted by atomic mass is 19.4. The minimum atomic E-state index is -4.49. The van der Waals surface area contributed by atoms with E-state index in [-0.39, 0.29) is 24.4 Å². The monoisotopic (exact) mass is 257 g/mol. The molecule has 1 heterocycles. The molecule has 2 rings (SSSR count). The average molecular weight is 257 g/mol. The number of halogens is 3. The number of nitrogens with zero attached hydrogens (tertiary/aromatic N) is 1. The zero-order valence-electron chi connectivity index (χ0n) is 9.33. The third kappa shape index (κ3) is 2.37. The number of rotatable bonds is 1. The molecule has 0 unspecified atom stereocenters. The van der Waals surface area contributed by atoms with Crippen molar-refractivity contribution in [2.45, 2.75) is 19.0 Å². The summed E-state index contributed by atoms with van der Waals surface area (Å²) in [6.07, 6.45) is -3.67. The molecular formula is C12H10F3NO2. The number of amides is 2. The van der Waals surface area contributed by atoms with Crippen molar-refractivity contribution in [1.82, 2.24) is 4.90 Å². The van der Waals surface area contributed by atoms with Crippen molar-refractivity contribution in [3.63, 3.8) is 0 Å². The number of imide groups is 1. The van der Waals surface area contributed by atoms with Gasteiger partial charge in [0.05, 0.1) is 5.56 Å². The molecule has 1 saturated heterocycles. The lowest BCUT2D eigenvalue weighted by Gasteiger charge is -2.14. The van der Waals surface area contributed by atoms with E-state index >= 15 is 0 Å². The average Bonchev–Trinajstić information content (AvgIpc) is 2.73. The Bertz CT molecular complexity index is 496. The molecule has 1 aliphatic rings. The molecule has 6 heteroatoms. The zero-order valence-corrected chi connectivity index (χ0v) is 9.33. The second kappa shape index (κ2) is 4.44. The predicted octanol–water partition coefficient (Wildman–Crippen LogP) is 2.47. The van der Waals surface area contributed by atoms with Gasteiger partial charge in [0.1, 0.15) is 0 Å². The first-order valence-corrected chi connectivity index (χ1v) is 5.41. The molecular weight excluding hydrogens is 247 g/mol. The second-order valence-electron chi connectivity index (χ2n) is 4.03. The van der Waals surface area contributed by atoms with E-state index in [0.717, 1.165) is 23.1 Å². The quantitative estimate of drug-likeness (QED) is 0.725. The molecule has 0 atom stereocenters. The van der Waals surface area contributed by atoms with E-state index in [0.29, 0.717) is 6.42 Å². The Morgan fingerprint density at radius 3 is 2.56 bits per heavy atom. The lowest BCUT2D eigenvalue weighted by molar-refractivity contribution is -0.137. The SMILES string of the molecule is O=C1CCCN1C(=O)c1cccc(C(F)(F)F)c1. The van der Waals surface area contributed by atoms with Crippen LogP contribution in [-0.2, 0) is 11.0 Å². The van der Waals surface area contributed by atoms with Gasteiger partial charge in [-0.3, -0.25) is 14.5 Å². The van der Waals surface area contributed by atoms with Gasteiger partial charge in [0.15, 0.2) is 0 Å². The molecule has 1 fully saturated rings. The zero-order chi connectivity index (χ0) is 13.3. The van der Waals surface area contributed by atoms with Crippen LogP contribution in [0.4, 0.5) is 13.2 Å². The highest BCUT2D eigenvalue weighted by molar-refractivity contribution is 6.05. The van der Waals surface area contributed by atoms with Crippen molar-refractivity contribution in [1.29, 1.82) is 0 Å². The molecule has 0 saturated carbocycles. The van der Waals surface area contributed by atoms with Gasteiger partial charge >= 0.3 is 6.18 Å². The van der Waals surface area contributed by atoms with Gasteiger partial charge in [0.25, 0.3) is 5.91 Å². The van der Waals surface area contributed by atoms with Gasteiger partial charge in [-0.2, -0.15) is 13.2 Å².